The first-order valence-corrected chi connectivity index (χ1v) is 8.49. The molecule has 5 heteroatoms. The molecule has 2 heterocycles. The third kappa shape index (κ3) is 3.94. The molecule has 0 spiro atoms. The third-order valence-corrected chi connectivity index (χ3v) is 4.33. The van der Waals surface area contributed by atoms with Crippen LogP contribution >= 0.6 is 0 Å². The van der Waals surface area contributed by atoms with Gasteiger partial charge < -0.3 is 5.73 Å². The van der Waals surface area contributed by atoms with Crippen molar-refractivity contribution in [2.45, 2.75) is 32.6 Å². The number of para-hydroxylation sites is 1. The average Bonchev–Trinajstić information content (AvgIpc) is 3.07. The molecule has 0 saturated carbocycles. The van der Waals surface area contributed by atoms with Crippen molar-refractivity contribution in [3.05, 3.63) is 77.4 Å². The van der Waals surface area contributed by atoms with Gasteiger partial charge in [0.05, 0.1) is 11.9 Å². The Bertz CT molecular complexity index is 855. The fourth-order valence-electron chi connectivity index (χ4n) is 3.01. The molecule has 2 N–H and O–H groups in total. The van der Waals surface area contributed by atoms with E-state index >= 15 is 0 Å². The summed E-state index contributed by atoms with van der Waals surface area (Å²) in [7, 11) is 0. The van der Waals surface area contributed by atoms with E-state index in [1.165, 1.54) is 54.4 Å². The first-order valence-electron chi connectivity index (χ1n) is 8.49. The highest BCUT2D eigenvalue weighted by Crippen LogP contribution is 2.24. The van der Waals surface area contributed by atoms with Gasteiger partial charge in [0, 0.05) is 11.9 Å². The molecule has 5 nitrogen and oxygen atoms in total. The van der Waals surface area contributed by atoms with Crippen LogP contribution in [0.2, 0.25) is 0 Å². The number of hydrogen-bond acceptors (Lipinski definition) is 3. The maximum atomic E-state index is 10.4. The summed E-state index contributed by atoms with van der Waals surface area (Å²) in [5.74, 6) is -0.490. The van der Waals surface area contributed by atoms with Crippen LogP contribution in [0.25, 0.3) is 5.69 Å². The van der Waals surface area contributed by atoms with Crippen LogP contribution in [0.1, 0.15) is 40.2 Å². The fraction of sp³-hybridized carbons (Fsp3) is 0.250. The SMILES string of the molecule is Cc1ccccc1-n1ncc2c1CCCC2.NC(=O)c1ccccn1. The number of aromatic nitrogens is 3. The Morgan fingerprint density at radius 2 is 1.84 bits per heavy atom. The largest absolute Gasteiger partial charge is 0.364 e. The van der Waals surface area contributed by atoms with Gasteiger partial charge in [0.1, 0.15) is 5.69 Å². The molecule has 2 aromatic heterocycles. The highest BCUT2D eigenvalue weighted by atomic mass is 16.1. The summed E-state index contributed by atoms with van der Waals surface area (Å²) in [6, 6.07) is 13.5. The van der Waals surface area contributed by atoms with E-state index in [9.17, 15) is 4.79 Å². The van der Waals surface area contributed by atoms with Crippen LogP contribution < -0.4 is 5.73 Å². The molecule has 1 aliphatic carbocycles. The smallest absolute Gasteiger partial charge is 0.267 e. The molecule has 1 amide bonds. The zero-order valence-corrected chi connectivity index (χ0v) is 14.4. The van der Waals surface area contributed by atoms with E-state index in [0.29, 0.717) is 5.69 Å². The number of hydrogen-bond donors (Lipinski definition) is 1. The standard InChI is InChI=1S/C14H16N2.C6H6N2O/c1-11-6-2-4-8-13(11)16-14-9-5-3-7-12(14)10-15-16;7-6(9)5-3-1-2-4-8-5/h2,4,6,8,10H,3,5,7,9H2,1H3;1-4H,(H2,7,9). The molecule has 128 valence electrons. The van der Waals surface area contributed by atoms with E-state index in [2.05, 4.69) is 46.0 Å². The van der Waals surface area contributed by atoms with Gasteiger partial charge in [-0.1, -0.05) is 24.3 Å². The van der Waals surface area contributed by atoms with Crippen LogP contribution in [0.3, 0.4) is 0 Å². The number of nitrogens with two attached hydrogens (primary N) is 1. The molecule has 1 aromatic carbocycles. The van der Waals surface area contributed by atoms with Crippen molar-refractivity contribution in [2.24, 2.45) is 5.73 Å². The third-order valence-electron chi connectivity index (χ3n) is 4.33. The fourth-order valence-corrected chi connectivity index (χ4v) is 3.01. The Kier molecular flexibility index (Phi) is 5.23. The molecule has 0 bridgehead atoms. The van der Waals surface area contributed by atoms with Gasteiger partial charge in [0.2, 0.25) is 0 Å². The number of aryl methyl sites for hydroxylation is 2. The molecule has 1 aliphatic rings. The molecule has 0 unspecified atom stereocenters. The molecule has 3 aromatic rings. The molecule has 25 heavy (non-hydrogen) atoms. The van der Waals surface area contributed by atoms with Gasteiger partial charge in [-0.3, -0.25) is 9.78 Å². The average molecular weight is 334 g/mol. The zero-order chi connectivity index (χ0) is 17.6. The van der Waals surface area contributed by atoms with Crippen LogP contribution in [0.15, 0.2) is 54.9 Å². The maximum absolute atomic E-state index is 10.4. The number of nitrogens with zero attached hydrogens (tertiary/aromatic N) is 3. The molecule has 0 radical (unpaired) electrons. The number of benzene rings is 1. The second kappa shape index (κ2) is 7.75. The minimum Gasteiger partial charge on any atom is -0.364 e. The van der Waals surface area contributed by atoms with Crippen molar-refractivity contribution >= 4 is 5.91 Å². The zero-order valence-electron chi connectivity index (χ0n) is 14.4. The van der Waals surface area contributed by atoms with E-state index < -0.39 is 5.91 Å². The van der Waals surface area contributed by atoms with Crippen molar-refractivity contribution in [3.63, 3.8) is 0 Å². The summed E-state index contributed by atoms with van der Waals surface area (Å²) in [5.41, 5.74) is 10.6. The molecule has 0 aliphatic heterocycles. The van der Waals surface area contributed by atoms with Gasteiger partial charge in [-0.25, -0.2) is 4.68 Å². The summed E-state index contributed by atoms with van der Waals surface area (Å²) in [6.07, 6.45) is 8.54. The lowest BCUT2D eigenvalue weighted by Gasteiger charge is -2.15. The van der Waals surface area contributed by atoms with E-state index in [4.69, 9.17) is 5.73 Å². The number of primary amides is 1. The number of carbonyl (C=O) groups excluding carboxylic acids is 1. The van der Waals surface area contributed by atoms with Crippen molar-refractivity contribution < 1.29 is 4.79 Å². The second-order valence-electron chi connectivity index (χ2n) is 6.10. The number of pyridine rings is 1. The molecule has 0 fully saturated rings. The van der Waals surface area contributed by atoms with Crippen molar-refractivity contribution in [1.82, 2.24) is 14.8 Å². The molecular formula is C20H22N4O. The van der Waals surface area contributed by atoms with Gasteiger partial charge in [0.15, 0.2) is 0 Å². The summed E-state index contributed by atoms with van der Waals surface area (Å²) in [6.45, 7) is 2.15. The number of rotatable bonds is 2. The summed E-state index contributed by atoms with van der Waals surface area (Å²) >= 11 is 0. The molecular weight excluding hydrogens is 312 g/mol. The van der Waals surface area contributed by atoms with Crippen molar-refractivity contribution in [1.29, 1.82) is 0 Å². The number of carbonyl (C=O) groups is 1. The van der Waals surface area contributed by atoms with Crippen LogP contribution in [0.4, 0.5) is 0 Å². The monoisotopic (exact) mass is 334 g/mol. The first kappa shape index (κ1) is 16.9. The Morgan fingerprint density at radius 1 is 1.08 bits per heavy atom. The Morgan fingerprint density at radius 3 is 2.52 bits per heavy atom. The van der Waals surface area contributed by atoms with Crippen LogP contribution in [-0.4, -0.2) is 20.7 Å². The van der Waals surface area contributed by atoms with Gasteiger partial charge in [-0.05, 0) is 61.9 Å². The van der Waals surface area contributed by atoms with Crippen LogP contribution in [0.5, 0.6) is 0 Å². The molecule has 0 atom stereocenters. The summed E-state index contributed by atoms with van der Waals surface area (Å²) in [4.78, 5) is 14.1. The Balaban J connectivity index is 0.000000173. The van der Waals surface area contributed by atoms with Crippen LogP contribution in [-0.2, 0) is 12.8 Å². The Hall–Kier alpha value is -2.95. The minimum absolute atomic E-state index is 0.303. The predicted octanol–water partition coefficient (Wildman–Crippen LogP) is 3.24. The maximum Gasteiger partial charge on any atom is 0.267 e. The van der Waals surface area contributed by atoms with E-state index in [1.54, 1.807) is 18.2 Å². The number of fused-ring (bicyclic) bond motifs is 1. The van der Waals surface area contributed by atoms with Crippen molar-refractivity contribution in [2.75, 3.05) is 0 Å². The number of amides is 1. The minimum atomic E-state index is -0.490. The lowest BCUT2D eigenvalue weighted by atomic mass is 9.98. The summed E-state index contributed by atoms with van der Waals surface area (Å²) < 4.78 is 2.13. The van der Waals surface area contributed by atoms with Gasteiger partial charge >= 0.3 is 0 Å². The van der Waals surface area contributed by atoms with Gasteiger partial charge in [-0.15, -0.1) is 0 Å². The van der Waals surface area contributed by atoms with E-state index in [0.717, 1.165) is 0 Å². The lowest BCUT2D eigenvalue weighted by Crippen LogP contribution is -2.12. The highest BCUT2D eigenvalue weighted by Gasteiger charge is 2.16. The van der Waals surface area contributed by atoms with Crippen molar-refractivity contribution in [3.8, 4) is 5.69 Å². The molecule has 4 rings (SSSR count). The Labute approximate surface area is 147 Å². The van der Waals surface area contributed by atoms with Crippen LogP contribution in [0, 0.1) is 6.92 Å². The summed E-state index contributed by atoms with van der Waals surface area (Å²) in [5, 5.41) is 4.55. The second-order valence-corrected chi connectivity index (χ2v) is 6.10. The highest BCUT2D eigenvalue weighted by molar-refractivity contribution is 5.90. The normalized spacial score (nSPS) is 12.7. The van der Waals surface area contributed by atoms with E-state index in [1.807, 2.05) is 6.20 Å². The van der Waals surface area contributed by atoms with E-state index in [-0.39, 0.29) is 0 Å². The first-order chi connectivity index (χ1) is 12.2. The predicted molar refractivity (Wildman–Crippen MR) is 97.7 cm³/mol. The quantitative estimate of drug-likeness (QED) is 0.782. The molecule has 0 saturated heterocycles. The van der Waals surface area contributed by atoms with Gasteiger partial charge in [-0.2, -0.15) is 5.10 Å². The lowest BCUT2D eigenvalue weighted by molar-refractivity contribution is 0.0995. The topological polar surface area (TPSA) is 73.8 Å². The van der Waals surface area contributed by atoms with Gasteiger partial charge in [0.25, 0.3) is 5.91 Å².